The van der Waals surface area contributed by atoms with Gasteiger partial charge in [0.25, 0.3) is 0 Å². The second kappa shape index (κ2) is 5.53. The van der Waals surface area contributed by atoms with Gasteiger partial charge in [-0.05, 0) is 17.2 Å². The molecule has 1 heterocycles. The summed E-state index contributed by atoms with van der Waals surface area (Å²) in [6.07, 6.45) is 1.91. The number of aromatic nitrogens is 1. The fourth-order valence-electron chi connectivity index (χ4n) is 2.74. The fraction of sp³-hybridized carbons (Fsp3) is 0.111. The lowest BCUT2D eigenvalue weighted by Gasteiger charge is -2.17. The maximum absolute atomic E-state index is 9.35. The SMILES string of the molecule is N#CC(C#N)C(c1ccccc1)c1c[nH]c2ccccc12. The number of hydrogen-bond acceptors (Lipinski definition) is 2. The largest absolute Gasteiger partial charge is 0.361 e. The van der Waals surface area contributed by atoms with Crippen molar-refractivity contribution in [3.63, 3.8) is 0 Å². The first-order valence-electron chi connectivity index (χ1n) is 6.75. The summed E-state index contributed by atoms with van der Waals surface area (Å²) >= 11 is 0. The van der Waals surface area contributed by atoms with Gasteiger partial charge in [-0.15, -0.1) is 0 Å². The van der Waals surface area contributed by atoms with Crippen LogP contribution in [0.4, 0.5) is 0 Å². The lowest BCUT2D eigenvalue weighted by molar-refractivity contribution is 0.714. The van der Waals surface area contributed by atoms with E-state index in [1.54, 1.807) is 0 Å². The number of benzene rings is 2. The number of nitrogens with zero attached hydrogens (tertiary/aromatic N) is 2. The molecule has 0 aliphatic rings. The van der Waals surface area contributed by atoms with Crippen molar-refractivity contribution >= 4 is 10.9 Å². The first-order valence-corrected chi connectivity index (χ1v) is 6.75. The van der Waals surface area contributed by atoms with Gasteiger partial charge in [0.2, 0.25) is 0 Å². The van der Waals surface area contributed by atoms with E-state index in [2.05, 4.69) is 17.1 Å². The molecule has 0 fully saturated rings. The fourth-order valence-corrected chi connectivity index (χ4v) is 2.74. The van der Waals surface area contributed by atoms with E-state index in [4.69, 9.17) is 0 Å². The van der Waals surface area contributed by atoms with E-state index in [1.165, 1.54) is 0 Å². The normalized spacial score (nSPS) is 12.0. The Hall–Kier alpha value is -3.04. The second-order valence-corrected chi connectivity index (χ2v) is 4.91. The molecule has 1 unspecified atom stereocenters. The Morgan fingerprint density at radius 3 is 2.24 bits per heavy atom. The van der Waals surface area contributed by atoms with Gasteiger partial charge in [0.1, 0.15) is 5.92 Å². The van der Waals surface area contributed by atoms with Crippen LogP contribution < -0.4 is 0 Å². The Morgan fingerprint density at radius 1 is 0.857 bits per heavy atom. The number of nitriles is 2. The summed E-state index contributed by atoms with van der Waals surface area (Å²) in [6, 6.07) is 21.9. The summed E-state index contributed by atoms with van der Waals surface area (Å²) in [7, 11) is 0. The molecule has 1 aromatic heterocycles. The van der Waals surface area contributed by atoms with E-state index in [0.29, 0.717) is 0 Å². The zero-order valence-electron chi connectivity index (χ0n) is 11.3. The summed E-state index contributed by atoms with van der Waals surface area (Å²) in [4.78, 5) is 3.22. The average molecular weight is 271 g/mol. The standard InChI is InChI=1S/C18H13N3/c19-10-14(11-20)18(13-6-2-1-3-7-13)16-12-21-17-9-5-4-8-15(16)17/h1-9,12,14,18,21H. The minimum absolute atomic E-state index is 0.252. The Bertz CT molecular complexity index is 820. The molecule has 0 saturated carbocycles. The van der Waals surface area contributed by atoms with Gasteiger partial charge in [-0.3, -0.25) is 0 Å². The van der Waals surface area contributed by atoms with Crippen LogP contribution in [0.15, 0.2) is 60.8 Å². The van der Waals surface area contributed by atoms with Gasteiger partial charge in [0.05, 0.1) is 12.1 Å². The van der Waals surface area contributed by atoms with Crippen molar-refractivity contribution < 1.29 is 0 Å². The number of aromatic amines is 1. The molecule has 1 N–H and O–H groups in total. The van der Waals surface area contributed by atoms with Crippen LogP contribution in [-0.2, 0) is 0 Å². The third-order valence-electron chi connectivity index (χ3n) is 3.73. The second-order valence-electron chi connectivity index (χ2n) is 4.91. The molecule has 21 heavy (non-hydrogen) atoms. The highest BCUT2D eigenvalue weighted by molar-refractivity contribution is 5.84. The third kappa shape index (κ3) is 2.26. The van der Waals surface area contributed by atoms with Crippen LogP contribution in [0.2, 0.25) is 0 Å². The molecule has 3 rings (SSSR count). The number of hydrogen-bond donors (Lipinski definition) is 1. The van der Waals surface area contributed by atoms with Crippen molar-refractivity contribution in [2.24, 2.45) is 5.92 Å². The van der Waals surface area contributed by atoms with E-state index in [-0.39, 0.29) is 5.92 Å². The van der Waals surface area contributed by atoms with Gasteiger partial charge in [0, 0.05) is 23.0 Å². The van der Waals surface area contributed by atoms with Crippen molar-refractivity contribution in [1.29, 1.82) is 10.5 Å². The average Bonchev–Trinajstić information content (AvgIpc) is 2.97. The van der Waals surface area contributed by atoms with E-state index < -0.39 is 5.92 Å². The van der Waals surface area contributed by atoms with Crippen LogP contribution in [0.25, 0.3) is 10.9 Å². The molecule has 3 heteroatoms. The lowest BCUT2D eigenvalue weighted by atomic mass is 9.82. The predicted molar refractivity (Wildman–Crippen MR) is 81.3 cm³/mol. The topological polar surface area (TPSA) is 63.4 Å². The zero-order chi connectivity index (χ0) is 14.7. The van der Waals surface area contributed by atoms with Gasteiger partial charge in [-0.2, -0.15) is 10.5 Å². The highest BCUT2D eigenvalue weighted by Crippen LogP contribution is 2.35. The molecular weight excluding hydrogens is 258 g/mol. The van der Waals surface area contributed by atoms with Crippen molar-refractivity contribution in [2.75, 3.05) is 0 Å². The molecule has 0 spiro atoms. The van der Waals surface area contributed by atoms with Gasteiger partial charge >= 0.3 is 0 Å². The number of fused-ring (bicyclic) bond motifs is 1. The van der Waals surface area contributed by atoms with Crippen LogP contribution in [0.5, 0.6) is 0 Å². The monoisotopic (exact) mass is 271 g/mol. The summed E-state index contributed by atoms with van der Waals surface area (Å²) < 4.78 is 0. The molecule has 2 aromatic carbocycles. The summed E-state index contributed by atoms with van der Waals surface area (Å²) in [6.45, 7) is 0. The first-order chi connectivity index (χ1) is 10.3. The third-order valence-corrected chi connectivity index (χ3v) is 3.73. The van der Waals surface area contributed by atoms with Crippen LogP contribution in [-0.4, -0.2) is 4.98 Å². The van der Waals surface area contributed by atoms with Crippen LogP contribution in [0, 0.1) is 28.6 Å². The molecule has 3 nitrogen and oxygen atoms in total. The Balaban J connectivity index is 2.21. The van der Waals surface area contributed by atoms with Gasteiger partial charge in [-0.1, -0.05) is 48.5 Å². The van der Waals surface area contributed by atoms with Crippen LogP contribution in [0.3, 0.4) is 0 Å². The number of H-pyrrole nitrogens is 1. The predicted octanol–water partition coefficient (Wildman–Crippen LogP) is 3.96. The number of para-hydroxylation sites is 1. The molecule has 0 aliphatic carbocycles. The maximum atomic E-state index is 9.35. The van der Waals surface area contributed by atoms with Gasteiger partial charge < -0.3 is 4.98 Å². The molecule has 0 bridgehead atoms. The number of nitrogens with one attached hydrogen (secondary N) is 1. The molecule has 0 amide bonds. The Labute approximate surface area is 123 Å². The molecule has 100 valence electrons. The zero-order valence-corrected chi connectivity index (χ0v) is 11.3. The summed E-state index contributed by atoms with van der Waals surface area (Å²) in [5.41, 5.74) is 2.99. The molecule has 3 aromatic rings. The minimum atomic E-state index is -0.716. The van der Waals surface area contributed by atoms with Crippen molar-refractivity contribution in [3.8, 4) is 12.1 Å². The number of rotatable bonds is 3. The van der Waals surface area contributed by atoms with E-state index in [9.17, 15) is 10.5 Å². The van der Waals surface area contributed by atoms with Gasteiger partial charge in [-0.25, -0.2) is 0 Å². The first kappa shape index (κ1) is 13.0. The molecule has 0 saturated heterocycles. The quantitative estimate of drug-likeness (QED) is 0.783. The molecular formula is C18H13N3. The summed E-state index contributed by atoms with van der Waals surface area (Å²) in [5.74, 6) is -0.969. The Kier molecular flexibility index (Phi) is 3.41. The highest BCUT2D eigenvalue weighted by atomic mass is 14.7. The van der Waals surface area contributed by atoms with Crippen molar-refractivity contribution in [1.82, 2.24) is 4.98 Å². The minimum Gasteiger partial charge on any atom is -0.361 e. The van der Waals surface area contributed by atoms with Crippen molar-refractivity contribution in [2.45, 2.75) is 5.92 Å². The van der Waals surface area contributed by atoms with Crippen LogP contribution >= 0.6 is 0 Å². The maximum Gasteiger partial charge on any atom is 0.144 e. The Morgan fingerprint density at radius 2 is 1.52 bits per heavy atom. The molecule has 0 radical (unpaired) electrons. The lowest BCUT2D eigenvalue weighted by Crippen LogP contribution is -2.11. The van der Waals surface area contributed by atoms with E-state index in [1.807, 2.05) is 60.8 Å². The van der Waals surface area contributed by atoms with E-state index in [0.717, 1.165) is 22.0 Å². The van der Waals surface area contributed by atoms with Crippen molar-refractivity contribution in [3.05, 3.63) is 71.9 Å². The van der Waals surface area contributed by atoms with E-state index >= 15 is 0 Å². The summed E-state index contributed by atoms with van der Waals surface area (Å²) in [5, 5.41) is 19.7. The highest BCUT2D eigenvalue weighted by Gasteiger charge is 2.27. The van der Waals surface area contributed by atoms with Crippen LogP contribution in [0.1, 0.15) is 17.0 Å². The molecule has 1 atom stereocenters. The smallest absolute Gasteiger partial charge is 0.144 e. The van der Waals surface area contributed by atoms with Gasteiger partial charge in [0.15, 0.2) is 0 Å². The molecule has 0 aliphatic heterocycles.